The maximum atomic E-state index is 4.51. The van der Waals surface area contributed by atoms with Crippen molar-refractivity contribution >= 4 is 11.0 Å². The van der Waals surface area contributed by atoms with Crippen molar-refractivity contribution < 1.29 is 0 Å². The lowest BCUT2D eigenvalue weighted by molar-refractivity contribution is 0.853. The number of rotatable bonds is 2. The minimum absolute atomic E-state index is 0.879. The number of benzene rings is 1. The monoisotopic (exact) mass is 292 g/mol. The summed E-state index contributed by atoms with van der Waals surface area (Å²) in [4.78, 5) is 13.2. The fraction of sp³-hybridized carbons (Fsp3) is 0.188. The van der Waals surface area contributed by atoms with Crippen LogP contribution in [0.5, 0.6) is 0 Å². The highest BCUT2D eigenvalue weighted by Gasteiger charge is 2.13. The van der Waals surface area contributed by atoms with Crippen molar-refractivity contribution in [3.05, 3.63) is 48.9 Å². The maximum absolute atomic E-state index is 4.51. The molecule has 3 heterocycles. The van der Waals surface area contributed by atoms with Gasteiger partial charge in [-0.1, -0.05) is 0 Å². The molecule has 0 aliphatic heterocycles. The van der Waals surface area contributed by atoms with Crippen LogP contribution in [-0.4, -0.2) is 28.7 Å². The number of imidazole rings is 3. The van der Waals surface area contributed by atoms with E-state index < -0.39 is 0 Å². The van der Waals surface area contributed by atoms with Crippen LogP contribution in [0.15, 0.2) is 43.1 Å². The fourth-order valence-corrected chi connectivity index (χ4v) is 2.68. The Morgan fingerprint density at radius 1 is 1.05 bits per heavy atom. The van der Waals surface area contributed by atoms with E-state index in [1.165, 1.54) is 0 Å². The number of hydrogen-bond donors (Lipinski definition) is 0. The highest BCUT2D eigenvalue weighted by atomic mass is 15.1. The van der Waals surface area contributed by atoms with Crippen molar-refractivity contribution in [2.24, 2.45) is 14.1 Å². The van der Waals surface area contributed by atoms with E-state index in [1.807, 2.05) is 61.1 Å². The molecule has 0 fully saturated rings. The molecule has 110 valence electrons. The standard InChI is InChI=1S/C16H16N6/c1-11-18-9-15(21(11)3)16-17-6-7-22(16)12-4-5-13-14(8-12)20(2)10-19-13/h4-10H,1-3H3. The summed E-state index contributed by atoms with van der Waals surface area (Å²) in [6, 6.07) is 6.21. The topological polar surface area (TPSA) is 53.5 Å². The average Bonchev–Trinajstić information content (AvgIpc) is 3.21. The van der Waals surface area contributed by atoms with E-state index in [4.69, 9.17) is 0 Å². The minimum atomic E-state index is 0.879. The molecule has 0 aliphatic carbocycles. The summed E-state index contributed by atoms with van der Waals surface area (Å²) in [5.74, 6) is 1.84. The lowest BCUT2D eigenvalue weighted by Crippen LogP contribution is -2.01. The molecule has 3 aromatic heterocycles. The second-order valence-electron chi connectivity index (χ2n) is 5.40. The molecule has 0 unspecified atom stereocenters. The van der Waals surface area contributed by atoms with E-state index in [9.17, 15) is 0 Å². The molecule has 6 heteroatoms. The third-order valence-electron chi connectivity index (χ3n) is 4.08. The van der Waals surface area contributed by atoms with E-state index in [1.54, 1.807) is 0 Å². The molecular formula is C16H16N6. The molecule has 6 nitrogen and oxygen atoms in total. The molecule has 0 radical (unpaired) electrons. The number of fused-ring (bicyclic) bond motifs is 1. The zero-order valence-electron chi connectivity index (χ0n) is 12.7. The molecule has 0 saturated carbocycles. The second-order valence-corrected chi connectivity index (χ2v) is 5.40. The minimum Gasteiger partial charge on any atom is -0.334 e. The van der Waals surface area contributed by atoms with Crippen LogP contribution in [0.25, 0.3) is 28.2 Å². The van der Waals surface area contributed by atoms with Crippen LogP contribution in [-0.2, 0) is 14.1 Å². The third-order valence-corrected chi connectivity index (χ3v) is 4.08. The number of nitrogens with zero attached hydrogens (tertiary/aromatic N) is 6. The third kappa shape index (κ3) is 1.77. The Hall–Kier alpha value is -2.89. The zero-order valence-corrected chi connectivity index (χ0v) is 12.7. The molecule has 0 amide bonds. The van der Waals surface area contributed by atoms with Gasteiger partial charge in [-0.15, -0.1) is 0 Å². The van der Waals surface area contributed by atoms with Crippen molar-refractivity contribution in [1.82, 2.24) is 28.7 Å². The summed E-state index contributed by atoms with van der Waals surface area (Å²) in [6.07, 6.45) is 7.46. The van der Waals surface area contributed by atoms with Gasteiger partial charge in [0.2, 0.25) is 0 Å². The van der Waals surface area contributed by atoms with Crippen molar-refractivity contribution in [2.75, 3.05) is 0 Å². The first-order chi connectivity index (χ1) is 10.6. The van der Waals surface area contributed by atoms with Crippen molar-refractivity contribution in [3.8, 4) is 17.2 Å². The van der Waals surface area contributed by atoms with Crippen LogP contribution < -0.4 is 0 Å². The zero-order chi connectivity index (χ0) is 15.3. The van der Waals surface area contributed by atoms with Crippen molar-refractivity contribution in [2.45, 2.75) is 6.92 Å². The highest BCUT2D eigenvalue weighted by molar-refractivity contribution is 5.78. The van der Waals surface area contributed by atoms with Gasteiger partial charge in [-0.05, 0) is 25.1 Å². The van der Waals surface area contributed by atoms with Gasteiger partial charge in [0.1, 0.15) is 11.5 Å². The van der Waals surface area contributed by atoms with Crippen molar-refractivity contribution in [3.63, 3.8) is 0 Å². The quantitative estimate of drug-likeness (QED) is 0.570. The number of hydrogen-bond acceptors (Lipinski definition) is 3. The van der Waals surface area contributed by atoms with Crippen LogP contribution in [0, 0.1) is 6.92 Å². The molecule has 1 aromatic carbocycles. The summed E-state index contributed by atoms with van der Waals surface area (Å²) in [6.45, 7) is 1.98. The molecule has 0 aliphatic rings. The van der Waals surface area contributed by atoms with Gasteiger partial charge in [-0.25, -0.2) is 15.0 Å². The van der Waals surface area contributed by atoms with E-state index in [2.05, 4.69) is 31.7 Å². The lowest BCUT2D eigenvalue weighted by atomic mass is 10.2. The first kappa shape index (κ1) is 12.8. The fourth-order valence-electron chi connectivity index (χ4n) is 2.68. The van der Waals surface area contributed by atoms with Gasteiger partial charge in [0.05, 0.1) is 23.6 Å². The van der Waals surface area contributed by atoms with Crippen LogP contribution in [0.3, 0.4) is 0 Å². The summed E-state index contributed by atoms with van der Waals surface area (Å²) in [7, 11) is 4.00. The summed E-state index contributed by atoms with van der Waals surface area (Å²) < 4.78 is 6.13. The molecule has 0 N–H and O–H groups in total. The Labute approximate surface area is 127 Å². The predicted molar refractivity (Wildman–Crippen MR) is 84.8 cm³/mol. The highest BCUT2D eigenvalue weighted by Crippen LogP contribution is 2.24. The summed E-state index contributed by atoms with van der Waals surface area (Å²) >= 11 is 0. The number of aromatic nitrogens is 6. The van der Waals surface area contributed by atoms with Crippen LogP contribution in [0.1, 0.15) is 5.82 Å². The smallest absolute Gasteiger partial charge is 0.162 e. The Balaban J connectivity index is 1.91. The summed E-state index contributed by atoms with van der Waals surface area (Å²) in [5, 5.41) is 0. The Kier molecular flexibility index (Phi) is 2.66. The largest absolute Gasteiger partial charge is 0.334 e. The van der Waals surface area contributed by atoms with Gasteiger partial charge in [-0.3, -0.25) is 4.57 Å². The van der Waals surface area contributed by atoms with Gasteiger partial charge in [0.25, 0.3) is 0 Å². The number of aryl methyl sites for hydroxylation is 2. The van der Waals surface area contributed by atoms with Crippen molar-refractivity contribution in [1.29, 1.82) is 0 Å². The Morgan fingerprint density at radius 2 is 1.91 bits per heavy atom. The lowest BCUT2D eigenvalue weighted by Gasteiger charge is -2.09. The normalized spacial score (nSPS) is 11.4. The van der Waals surface area contributed by atoms with Crippen LogP contribution in [0.4, 0.5) is 0 Å². The molecule has 0 atom stereocenters. The molecule has 4 aromatic rings. The van der Waals surface area contributed by atoms with Gasteiger partial charge < -0.3 is 9.13 Å². The van der Waals surface area contributed by atoms with Gasteiger partial charge in [0.15, 0.2) is 5.82 Å². The summed E-state index contributed by atoms with van der Waals surface area (Å²) in [5.41, 5.74) is 4.14. The first-order valence-electron chi connectivity index (χ1n) is 7.08. The van der Waals surface area contributed by atoms with Gasteiger partial charge >= 0.3 is 0 Å². The molecule has 4 rings (SSSR count). The Bertz CT molecular complexity index is 972. The van der Waals surface area contributed by atoms with Gasteiger partial charge in [-0.2, -0.15) is 0 Å². The van der Waals surface area contributed by atoms with E-state index >= 15 is 0 Å². The molecule has 22 heavy (non-hydrogen) atoms. The molecular weight excluding hydrogens is 276 g/mol. The SMILES string of the molecule is Cc1ncc(-c2nccn2-c2ccc3ncn(C)c3c2)n1C. The van der Waals surface area contributed by atoms with Crippen LogP contribution in [0.2, 0.25) is 0 Å². The van der Waals surface area contributed by atoms with Crippen LogP contribution >= 0.6 is 0 Å². The van der Waals surface area contributed by atoms with E-state index in [0.29, 0.717) is 0 Å². The molecule has 0 spiro atoms. The molecule has 0 bridgehead atoms. The van der Waals surface area contributed by atoms with E-state index in [-0.39, 0.29) is 0 Å². The van der Waals surface area contributed by atoms with E-state index in [0.717, 1.165) is 34.1 Å². The second kappa shape index (κ2) is 4.56. The first-order valence-corrected chi connectivity index (χ1v) is 7.08. The van der Waals surface area contributed by atoms with Gasteiger partial charge in [0, 0.05) is 32.2 Å². The average molecular weight is 292 g/mol. The maximum Gasteiger partial charge on any atom is 0.162 e. The molecule has 0 saturated heterocycles. The predicted octanol–water partition coefficient (Wildman–Crippen LogP) is 2.47. The Morgan fingerprint density at radius 3 is 2.68 bits per heavy atom.